The number of nitrogens with two attached hydrogens (primary N) is 1. The van der Waals surface area contributed by atoms with Crippen molar-refractivity contribution >= 4 is 11.4 Å². The van der Waals surface area contributed by atoms with Gasteiger partial charge in [-0.25, -0.2) is 0 Å². The maximum Gasteiger partial charge on any atom is 0.293 e. The monoisotopic (exact) mass is 280 g/mol. The number of nitrogens with one attached hydrogen (secondary N) is 1. The van der Waals surface area contributed by atoms with Crippen molar-refractivity contribution in [3.8, 4) is 0 Å². The Kier molecular flexibility index (Phi) is 4.53. The van der Waals surface area contributed by atoms with Gasteiger partial charge in [0.15, 0.2) is 0 Å². The van der Waals surface area contributed by atoms with Crippen molar-refractivity contribution in [2.75, 3.05) is 18.5 Å². The van der Waals surface area contributed by atoms with Gasteiger partial charge in [0.2, 0.25) is 0 Å². The SMILES string of the molecule is CC1CCN(Cc2ccc([N+](=O)[O-])c(NN)c2)CC1O. The predicted octanol–water partition coefficient (Wildman–Crippen LogP) is 1.08. The Labute approximate surface area is 117 Å². The summed E-state index contributed by atoms with van der Waals surface area (Å²) in [5, 5.41) is 20.7. The molecule has 1 aromatic carbocycles. The minimum atomic E-state index is -0.467. The molecule has 1 aliphatic heterocycles. The Bertz CT molecular complexity index is 495. The largest absolute Gasteiger partial charge is 0.392 e. The molecule has 110 valence electrons. The number of hydrogen-bond acceptors (Lipinski definition) is 6. The number of benzene rings is 1. The van der Waals surface area contributed by atoms with Gasteiger partial charge in [0.05, 0.1) is 11.0 Å². The van der Waals surface area contributed by atoms with Crippen molar-refractivity contribution in [1.82, 2.24) is 4.90 Å². The second-order valence-electron chi connectivity index (χ2n) is 5.32. The molecular weight excluding hydrogens is 260 g/mol. The molecule has 1 heterocycles. The van der Waals surface area contributed by atoms with Gasteiger partial charge < -0.3 is 10.5 Å². The molecule has 1 aliphatic rings. The highest BCUT2D eigenvalue weighted by Gasteiger charge is 2.24. The van der Waals surface area contributed by atoms with E-state index in [0.29, 0.717) is 24.7 Å². The summed E-state index contributed by atoms with van der Waals surface area (Å²) in [6, 6.07) is 4.86. The molecular formula is C13H20N4O3. The number of nitrogen functional groups attached to an aromatic ring is 1. The maximum absolute atomic E-state index is 10.8. The Morgan fingerprint density at radius 3 is 2.95 bits per heavy atom. The van der Waals surface area contributed by atoms with E-state index < -0.39 is 4.92 Å². The smallest absolute Gasteiger partial charge is 0.293 e. The first-order valence-corrected chi connectivity index (χ1v) is 6.65. The number of rotatable bonds is 4. The molecule has 0 spiro atoms. The minimum absolute atomic E-state index is 0.0384. The summed E-state index contributed by atoms with van der Waals surface area (Å²) in [6.07, 6.45) is 0.643. The van der Waals surface area contributed by atoms with E-state index in [1.165, 1.54) is 6.07 Å². The average Bonchev–Trinajstić information content (AvgIpc) is 2.42. The second kappa shape index (κ2) is 6.17. The van der Waals surface area contributed by atoms with Gasteiger partial charge in [-0.3, -0.25) is 20.9 Å². The van der Waals surface area contributed by atoms with Crippen LogP contribution in [-0.4, -0.2) is 34.1 Å². The van der Waals surface area contributed by atoms with Crippen LogP contribution in [0.15, 0.2) is 18.2 Å². The number of β-amino-alcohol motifs (C(OH)–C–C–N with tert-alkyl or cyclic N) is 1. The summed E-state index contributed by atoms with van der Waals surface area (Å²) in [6.45, 7) is 4.24. The van der Waals surface area contributed by atoms with Crippen LogP contribution in [0.5, 0.6) is 0 Å². The van der Waals surface area contributed by atoms with E-state index in [4.69, 9.17) is 5.84 Å². The van der Waals surface area contributed by atoms with Crippen LogP contribution in [0, 0.1) is 16.0 Å². The van der Waals surface area contributed by atoms with E-state index in [1.54, 1.807) is 12.1 Å². The number of piperidine rings is 1. The lowest BCUT2D eigenvalue weighted by molar-refractivity contribution is -0.384. The first kappa shape index (κ1) is 14.7. The Balaban J connectivity index is 2.08. The molecule has 1 aromatic rings. The summed E-state index contributed by atoms with van der Waals surface area (Å²) in [4.78, 5) is 12.5. The maximum atomic E-state index is 10.8. The molecule has 1 fully saturated rings. The van der Waals surface area contributed by atoms with Crippen LogP contribution < -0.4 is 11.3 Å². The van der Waals surface area contributed by atoms with Gasteiger partial charge in [-0.1, -0.05) is 13.0 Å². The van der Waals surface area contributed by atoms with Crippen LogP contribution in [-0.2, 0) is 6.54 Å². The highest BCUT2D eigenvalue weighted by molar-refractivity contribution is 5.62. The normalized spacial score (nSPS) is 23.6. The first-order valence-electron chi connectivity index (χ1n) is 6.65. The summed E-state index contributed by atoms with van der Waals surface area (Å²) < 4.78 is 0. The lowest BCUT2D eigenvalue weighted by atomic mass is 9.96. The standard InChI is InChI=1S/C13H20N4O3/c1-9-4-5-16(8-13(9)18)7-10-2-3-12(17(19)20)11(6-10)15-14/h2-3,6,9,13,15,18H,4-5,7-8,14H2,1H3. The van der Waals surface area contributed by atoms with E-state index >= 15 is 0 Å². The van der Waals surface area contributed by atoms with Crippen molar-refractivity contribution in [1.29, 1.82) is 0 Å². The van der Waals surface area contributed by atoms with Crippen molar-refractivity contribution in [3.63, 3.8) is 0 Å². The van der Waals surface area contributed by atoms with Crippen molar-refractivity contribution in [3.05, 3.63) is 33.9 Å². The lowest BCUT2D eigenvalue weighted by Gasteiger charge is -2.34. The third-order valence-corrected chi connectivity index (χ3v) is 3.82. The molecule has 0 aliphatic carbocycles. The summed E-state index contributed by atoms with van der Waals surface area (Å²) in [5.41, 5.74) is 3.56. The van der Waals surface area contributed by atoms with Crippen molar-refractivity contribution in [2.45, 2.75) is 26.0 Å². The summed E-state index contributed by atoms with van der Waals surface area (Å²) in [5.74, 6) is 5.65. The minimum Gasteiger partial charge on any atom is -0.392 e. The van der Waals surface area contributed by atoms with Crippen LogP contribution >= 0.6 is 0 Å². The van der Waals surface area contributed by atoms with Gasteiger partial charge in [-0.2, -0.15) is 0 Å². The quantitative estimate of drug-likeness (QED) is 0.433. The van der Waals surface area contributed by atoms with Crippen molar-refractivity contribution < 1.29 is 10.0 Å². The highest BCUT2D eigenvalue weighted by Crippen LogP contribution is 2.26. The summed E-state index contributed by atoms with van der Waals surface area (Å²) >= 11 is 0. The Hall–Kier alpha value is -1.70. The third kappa shape index (κ3) is 3.24. The number of anilines is 1. The number of nitro groups is 1. The predicted molar refractivity (Wildman–Crippen MR) is 76.0 cm³/mol. The zero-order valence-corrected chi connectivity index (χ0v) is 11.5. The fraction of sp³-hybridized carbons (Fsp3) is 0.538. The molecule has 7 nitrogen and oxygen atoms in total. The third-order valence-electron chi connectivity index (χ3n) is 3.82. The zero-order chi connectivity index (χ0) is 14.7. The molecule has 20 heavy (non-hydrogen) atoms. The van der Waals surface area contributed by atoms with Gasteiger partial charge >= 0.3 is 0 Å². The van der Waals surface area contributed by atoms with E-state index in [-0.39, 0.29) is 11.8 Å². The van der Waals surface area contributed by atoms with Crippen LogP contribution in [0.2, 0.25) is 0 Å². The molecule has 4 N–H and O–H groups in total. The number of aliphatic hydroxyl groups excluding tert-OH is 1. The zero-order valence-electron chi connectivity index (χ0n) is 11.5. The molecule has 0 radical (unpaired) electrons. The van der Waals surface area contributed by atoms with E-state index in [1.807, 2.05) is 6.92 Å². The lowest BCUT2D eigenvalue weighted by Crippen LogP contribution is -2.42. The number of nitrogens with zero attached hydrogens (tertiary/aromatic N) is 2. The molecule has 2 rings (SSSR count). The molecule has 0 saturated carbocycles. The van der Waals surface area contributed by atoms with Gasteiger partial charge in [0.25, 0.3) is 5.69 Å². The number of nitro benzene ring substituents is 1. The Morgan fingerprint density at radius 2 is 2.35 bits per heavy atom. The summed E-state index contributed by atoms with van der Waals surface area (Å²) in [7, 11) is 0. The van der Waals surface area contributed by atoms with Crippen LogP contribution in [0.4, 0.5) is 11.4 Å². The molecule has 2 atom stereocenters. The van der Waals surface area contributed by atoms with Gasteiger partial charge in [0.1, 0.15) is 5.69 Å². The van der Waals surface area contributed by atoms with E-state index in [9.17, 15) is 15.2 Å². The van der Waals surface area contributed by atoms with Crippen molar-refractivity contribution in [2.24, 2.45) is 11.8 Å². The average molecular weight is 280 g/mol. The van der Waals surface area contributed by atoms with E-state index in [0.717, 1.165) is 18.5 Å². The molecule has 0 aromatic heterocycles. The molecule has 1 saturated heterocycles. The number of likely N-dealkylation sites (tertiary alicyclic amines) is 1. The van der Waals surface area contributed by atoms with Gasteiger partial charge in [0, 0.05) is 19.2 Å². The molecule has 0 bridgehead atoms. The number of hydrogen-bond donors (Lipinski definition) is 3. The first-order chi connectivity index (χ1) is 9.51. The van der Waals surface area contributed by atoms with Crippen LogP contribution in [0.1, 0.15) is 18.9 Å². The second-order valence-corrected chi connectivity index (χ2v) is 5.32. The fourth-order valence-electron chi connectivity index (χ4n) is 2.47. The Morgan fingerprint density at radius 1 is 1.60 bits per heavy atom. The fourth-order valence-corrected chi connectivity index (χ4v) is 2.47. The molecule has 0 amide bonds. The van der Waals surface area contributed by atoms with Gasteiger partial charge in [-0.15, -0.1) is 0 Å². The molecule has 7 heteroatoms. The van der Waals surface area contributed by atoms with Crippen LogP contribution in [0.3, 0.4) is 0 Å². The number of aliphatic hydroxyl groups is 1. The topological polar surface area (TPSA) is 105 Å². The highest BCUT2D eigenvalue weighted by atomic mass is 16.6. The molecule has 2 unspecified atom stereocenters. The number of hydrazine groups is 1. The van der Waals surface area contributed by atoms with Crippen LogP contribution in [0.25, 0.3) is 0 Å². The van der Waals surface area contributed by atoms with E-state index in [2.05, 4.69) is 10.3 Å². The van der Waals surface area contributed by atoms with Gasteiger partial charge in [-0.05, 0) is 30.5 Å².